The van der Waals surface area contributed by atoms with Crippen molar-refractivity contribution in [3.63, 3.8) is 0 Å². The van der Waals surface area contributed by atoms with E-state index in [1.807, 2.05) is 0 Å². The minimum absolute atomic E-state index is 0.320. The summed E-state index contributed by atoms with van der Waals surface area (Å²) in [5.41, 5.74) is 1.40. The maximum absolute atomic E-state index is 6.12. The standard InChI is InChI=1S/C20H32N2O2/c1-21(14-19-8-12-23-13-9-19)16-20-17-22(10-5-11-24-20)15-18-6-3-2-4-7-18/h2-4,6-7,19-20H,5,8-17H2,1H3/t20-/m1/s1. The van der Waals surface area contributed by atoms with E-state index < -0.39 is 0 Å². The Balaban J connectivity index is 1.47. The largest absolute Gasteiger partial charge is 0.381 e. The van der Waals surface area contributed by atoms with Crippen LogP contribution >= 0.6 is 0 Å². The second-order valence-corrected chi connectivity index (χ2v) is 7.34. The lowest BCUT2D eigenvalue weighted by Gasteiger charge is -2.30. The van der Waals surface area contributed by atoms with Crippen LogP contribution in [0.15, 0.2) is 30.3 Å². The molecule has 4 heteroatoms. The van der Waals surface area contributed by atoms with E-state index in [2.05, 4.69) is 47.2 Å². The van der Waals surface area contributed by atoms with Gasteiger partial charge in [0.15, 0.2) is 0 Å². The summed E-state index contributed by atoms with van der Waals surface area (Å²) in [5, 5.41) is 0. The minimum Gasteiger partial charge on any atom is -0.381 e. The van der Waals surface area contributed by atoms with Gasteiger partial charge >= 0.3 is 0 Å². The summed E-state index contributed by atoms with van der Waals surface area (Å²) < 4.78 is 11.6. The fraction of sp³-hybridized carbons (Fsp3) is 0.700. The third-order valence-corrected chi connectivity index (χ3v) is 5.11. The lowest BCUT2D eigenvalue weighted by molar-refractivity contribution is 0.0178. The second kappa shape index (κ2) is 9.52. The number of rotatable bonds is 6. The third-order valence-electron chi connectivity index (χ3n) is 5.11. The normalized spacial score (nSPS) is 24.2. The molecule has 1 aromatic rings. The molecule has 0 amide bonds. The van der Waals surface area contributed by atoms with E-state index >= 15 is 0 Å². The van der Waals surface area contributed by atoms with Crippen LogP contribution < -0.4 is 0 Å². The highest BCUT2D eigenvalue weighted by molar-refractivity contribution is 5.14. The van der Waals surface area contributed by atoms with E-state index in [-0.39, 0.29) is 0 Å². The first-order chi connectivity index (χ1) is 11.8. The van der Waals surface area contributed by atoms with Crippen LogP contribution in [0.5, 0.6) is 0 Å². The van der Waals surface area contributed by atoms with Gasteiger partial charge in [-0.05, 0) is 37.8 Å². The fourth-order valence-corrected chi connectivity index (χ4v) is 3.86. The summed E-state index contributed by atoms with van der Waals surface area (Å²) in [6, 6.07) is 10.8. The highest BCUT2D eigenvalue weighted by Gasteiger charge is 2.22. The molecule has 0 N–H and O–H groups in total. The molecule has 2 fully saturated rings. The Labute approximate surface area is 146 Å². The molecule has 0 saturated carbocycles. The molecule has 0 radical (unpaired) electrons. The Kier molecular flexibility index (Phi) is 7.09. The Morgan fingerprint density at radius 3 is 2.67 bits per heavy atom. The van der Waals surface area contributed by atoms with Gasteiger partial charge in [-0.25, -0.2) is 0 Å². The van der Waals surface area contributed by atoms with Crippen LogP contribution in [0.1, 0.15) is 24.8 Å². The van der Waals surface area contributed by atoms with E-state index in [0.717, 1.165) is 58.3 Å². The lowest BCUT2D eigenvalue weighted by Crippen LogP contribution is -2.40. The number of benzene rings is 1. The van der Waals surface area contributed by atoms with E-state index in [9.17, 15) is 0 Å². The molecule has 134 valence electrons. The molecule has 0 bridgehead atoms. The quantitative estimate of drug-likeness (QED) is 0.799. The van der Waals surface area contributed by atoms with E-state index in [0.29, 0.717) is 6.10 Å². The van der Waals surface area contributed by atoms with Crippen molar-refractivity contribution < 1.29 is 9.47 Å². The maximum atomic E-state index is 6.12. The monoisotopic (exact) mass is 332 g/mol. The maximum Gasteiger partial charge on any atom is 0.0828 e. The molecule has 2 saturated heterocycles. The molecule has 0 aliphatic carbocycles. The Hall–Kier alpha value is -0.940. The van der Waals surface area contributed by atoms with E-state index in [4.69, 9.17) is 9.47 Å². The first kappa shape index (κ1) is 17.9. The highest BCUT2D eigenvalue weighted by Crippen LogP contribution is 2.17. The summed E-state index contributed by atoms with van der Waals surface area (Å²) in [5.74, 6) is 0.787. The van der Waals surface area contributed by atoms with Crippen LogP contribution in [0.25, 0.3) is 0 Å². The smallest absolute Gasteiger partial charge is 0.0828 e. The number of hydrogen-bond acceptors (Lipinski definition) is 4. The van der Waals surface area contributed by atoms with Gasteiger partial charge in [0, 0.05) is 52.5 Å². The molecular weight excluding hydrogens is 300 g/mol. The van der Waals surface area contributed by atoms with Crippen molar-refractivity contribution >= 4 is 0 Å². The molecule has 2 aliphatic heterocycles. The Morgan fingerprint density at radius 2 is 1.88 bits per heavy atom. The second-order valence-electron chi connectivity index (χ2n) is 7.34. The van der Waals surface area contributed by atoms with Gasteiger partial charge in [0.05, 0.1) is 6.10 Å². The average molecular weight is 332 g/mol. The van der Waals surface area contributed by atoms with Crippen molar-refractivity contribution in [2.75, 3.05) is 53.0 Å². The first-order valence-electron chi connectivity index (χ1n) is 9.44. The van der Waals surface area contributed by atoms with Crippen LogP contribution in [0.3, 0.4) is 0 Å². The molecule has 2 aliphatic rings. The SMILES string of the molecule is CN(CC1CCOCC1)C[C@@H]1CN(Cc2ccccc2)CCCO1. The number of likely N-dealkylation sites (N-methyl/N-ethyl adjacent to an activating group) is 1. The number of nitrogens with zero attached hydrogens (tertiary/aromatic N) is 2. The Bertz CT molecular complexity index is 462. The van der Waals surface area contributed by atoms with Gasteiger partial charge in [0.1, 0.15) is 0 Å². The van der Waals surface area contributed by atoms with Crippen molar-refractivity contribution in [3.05, 3.63) is 35.9 Å². The molecule has 0 unspecified atom stereocenters. The molecular formula is C20H32N2O2. The van der Waals surface area contributed by atoms with Crippen LogP contribution in [0.4, 0.5) is 0 Å². The zero-order valence-electron chi connectivity index (χ0n) is 15.0. The summed E-state index contributed by atoms with van der Waals surface area (Å²) in [7, 11) is 2.24. The van der Waals surface area contributed by atoms with Crippen molar-refractivity contribution in [1.29, 1.82) is 0 Å². The molecule has 2 heterocycles. The third kappa shape index (κ3) is 5.85. The van der Waals surface area contributed by atoms with Gasteiger partial charge in [-0.3, -0.25) is 4.90 Å². The first-order valence-corrected chi connectivity index (χ1v) is 9.44. The molecule has 0 spiro atoms. The molecule has 0 aromatic heterocycles. The topological polar surface area (TPSA) is 24.9 Å². The zero-order valence-corrected chi connectivity index (χ0v) is 15.0. The zero-order chi connectivity index (χ0) is 16.6. The molecule has 1 atom stereocenters. The van der Waals surface area contributed by atoms with Gasteiger partial charge < -0.3 is 14.4 Å². The van der Waals surface area contributed by atoms with Gasteiger partial charge in [0.2, 0.25) is 0 Å². The van der Waals surface area contributed by atoms with E-state index in [1.54, 1.807) is 0 Å². The fourth-order valence-electron chi connectivity index (χ4n) is 3.86. The van der Waals surface area contributed by atoms with Gasteiger partial charge in [-0.2, -0.15) is 0 Å². The van der Waals surface area contributed by atoms with E-state index in [1.165, 1.54) is 24.9 Å². The van der Waals surface area contributed by atoms with Gasteiger partial charge in [0.25, 0.3) is 0 Å². The van der Waals surface area contributed by atoms with Crippen molar-refractivity contribution in [1.82, 2.24) is 9.80 Å². The highest BCUT2D eigenvalue weighted by atomic mass is 16.5. The van der Waals surface area contributed by atoms with Crippen molar-refractivity contribution in [2.45, 2.75) is 31.9 Å². The van der Waals surface area contributed by atoms with Gasteiger partial charge in [-0.1, -0.05) is 30.3 Å². The van der Waals surface area contributed by atoms with Crippen LogP contribution in [-0.2, 0) is 16.0 Å². The lowest BCUT2D eigenvalue weighted by atomic mass is 10.00. The summed E-state index contributed by atoms with van der Waals surface area (Å²) in [4.78, 5) is 5.02. The molecule has 1 aromatic carbocycles. The van der Waals surface area contributed by atoms with Crippen LogP contribution in [0.2, 0.25) is 0 Å². The molecule has 24 heavy (non-hydrogen) atoms. The predicted molar refractivity (Wildman–Crippen MR) is 97.1 cm³/mol. The van der Waals surface area contributed by atoms with Gasteiger partial charge in [-0.15, -0.1) is 0 Å². The number of ether oxygens (including phenoxy) is 2. The van der Waals surface area contributed by atoms with Crippen LogP contribution in [-0.4, -0.2) is 69.0 Å². The Morgan fingerprint density at radius 1 is 1.08 bits per heavy atom. The average Bonchev–Trinajstić information content (AvgIpc) is 2.81. The summed E-state index contributed by atoms with van der Waals surface area (Å²) in [6.07, 6.45) is 3.86. The summed E-state index contributed by atoms with van der Waals surface area (Å²) in [6.45, 7) is 8.16. The van der Waals surface area contributed by atoms with Crippen LogP contribution in [0, 0.1) is 5.92 Å². The molecule has 4 nitrogen and oxygen atoms in total. The van der Waals surface area contributed by atoms with Crippen molar-refractivity contribution in [2.24, 2.45) is 5.92 Å². The van der Waals surface area contributed by atoms with Crippen molar-refractivity contribution in [3.8, 4) is 0 Å². The summed E-state index contributed by atoms with van der Waals surface area (Å²) >= 11 is 0. The molecule has 3 rings (SSSR count). The minimum atomic E-state index is 0.320. The number of hydrogen-bond donors (Lipinski definition) is 0. The predicted octanol–water partition coefficient (Wildman–Crippen LogP) is 2.64.